The predicted molar refractivity (Wildman–Crippen MR) is 74.5 cm³/mol. The van der Waals surface area contributed by atoms with Crippen LogP contribution in [0.5, 0.6) is 0 Å². The molecule has 4 nitrogen and oxygen atoms in total. The predicted octanol–water partition coefficient (Wildman–Crippen LogP) is 3.22. The van der Waals surface area contributed by atoms with Crippen LogP contribution in [-0.4, -0.2) is 15.7 Å². The van der Waals surface area contributed by atoms with E-state index in [1.807, 2.05) is 6.92 Å². The molecule has 0 radical (unpaired) electrons. The third kappa shape index (κ3) is 2.36. The van der Waals surface area contributed by atoms with E-state index in [0.717, 1.165) is 23.4 Å². The zero-order chi connectivity index (χ0) is 16.1. The van der Waals surface area contributed by atoms with Gasteiger partial charge in [0, 0.05) is 24.9 Å². The molecule has 0 bridgehead atoms. The number of hydrogen-bond donors (Lipinski definition) is 1. The summed E-state index contributed by atoms with van der Waals surface area (Å²) in [6.45, 7) is 1.83. The van der Waals surface area contributed by atoms with Gasteiger partial charge in [-0.1, -0.05) is 12.1 Å². The van der Waals surface area contributed by atoms with Crippen molar-refractivity contribution in [2.24, 2.45) is 7.05 Å². The number of carbonyl (C=O) groups excluding carboxylic acids is 1. The number of alkyl halides is 3. The first kappa shape index (κ1) is 14.6. The Bertz CT molecular complexity index is 732. The van der Waals surface area contributed by atoms with Crippen molar-refractivity contribution in [1.29, 1.82) is 0 Å². The van der Waals surface area contributed by atoms with Crippen molar-refractivity contribution in [3.05, 3.63) is 46.6 Å². The summed E-state index contributed by atoms with van der Waals surface area (Å²) in [5.41, 5.74) is 1.61. The van der Waals surface area contributed by atoms with Gasteiger partial charge < -0.3 is 5.32 Å². The fourth-order valence-electron chi connectivity index (χ4n) is 2.90. The second-order valence-corrected chi connectivity index (χ2v) is 5.40. The second-order valence-electron chi connectivity index (χ2n) is 5.40. The van der Waals surface area contributed by atoms with Crippen molar-refractivity contribution in [2.75, 3.05) is 5.32 Å². The molecule has 0 aliphatic carbocycles. The molecule has 0 spiro atoms. The van der Waals surface area contributed by atoms with E-state index in [1.54, 1.807) is 11.7 Å². The summed E-state index contributed by atoms with van der Waals surface area (Å²) in [4.78, 5) is 11.9. The van der Waals surface area contributed by atoms with Crippen LogP contribution in [0.15, 0.2) is 24.3 Å². The Balaban J connectivity index is 2.04. The van der Waals surface area contributed by atoms with Gasteiger partial charge in [-0.15, -0.1) is 0 Å². The average molecular weight is 309 g/mol. The topological polar surface area (TPSA) is 46.9 Å². The standard InChI is InChI=1S/C15H14F3N3O/c1-8-13-11(7-12(22)19-14(13)21(2)20-8)9-3-5-10(6-4-9)15(16,17)18/h3-6,11H,7H2,1-2H3,(H,19,22). The van der Waals surface area contributed by atoms with Crippen LogP contribution >= 0.6 is 0 Å². The summed E-state index contributed by atoms with van der Waals surface area (Å²) in [6, 6.07) is 4.96. The molecule has 0 saturated carbocycles. The van der Waals surface area contributed by atoms with Crippen LogP contribution in [0, 0.1) is 6.92 Å². The van der Waals surface area contributed by atoms with Crippen LogP contribution in [0.4, 0.5) is 19.0 Å². The number of fused-ring (bicyclic) bond motifs is 1. The number of aromatic nitrogens is 2. The van der Waals surface area contributed by atoms with E-state index in [2.05, 4.69) is 10.4 Å². The normalized spacial score (nSPS) is 18.0. The fraction of sp³-hybridized carbons (Fsp3) is 0.333. The summed E-state index contributed by atoms with van der Waals surface area (Å²) < 4.78 is 39.5. The van der Waals surface area contributed by atoms with Gasteiger partial charge in [0.25, 0.3) is 0 Å². The van der Waals surface area contributed by atoms with Gasteiger partial charge in [0.1, 0.15) is 5.82 Å². The number of halogens is 3. The molecule has 1 N–H and O–H groups in total. The van der Waals surface area contributed by atoms with Crippen molar-refractivity contribution in [2.45, 2.75) is 25.4 Å². The van der Waals surface area contributed by atoms with Crippen molar-refractivity contribution < 1.29 is 18.0 Å². The summed E-state index contributed by atoms with van der Waals surface area (Å²) in [6.07, 6.45) is -4.16. The maximum absolute atomic E-state index is 12.7. The molecule has 1 aromatic carbocycles. The highest BCUT2D eigenvalue weighted by molar-refractivity contribution is 5.94. The third-order valence-electron chi connectivity index (χ3n) is 3.90. The molecule has 1 amide bonds. The lowest BCUT2D eigenvalue weighted by Gasteiger charge is -2.24. The average Bonchev–Trinajstić information content (AvgIpc) is 2.72. The molecular formula is C15H14F3N3O. The molecule has 3 rings (SSSR count). The Morgan fingerprint density at radius 3 is 2.50 bits per heavy atom. The lowest BCUT2D eigenvalue weighted by atomic mass is 9.85. The molecule has 1 aromatic heterocycles. The van der Waals surface area contributed by atoms with Crippen molar-refractivity contribution in [3.63, 3.8) is 0 Å². The van der Waals surface area contributed by atoms with Gasteiger partial charge in [-0.3, -0.25) is 9.48 Å². The maximum Gasteiger partial charge on any atom is 0.416 e. The van der Waals surface area contributed by atoms with Crippen LogP contribution in [0.25, 0.3) is 0 Å². The molecule has 116 valence electrons. The highest BCUT2D eigenvalue weighted by atomic mass is 19.4. The molecule has 1 unspecified atom stereocenters. The minimum atomic E-state index is -4.36. The van der Waals surface area contributed by atoms with Crippen LogP contribution in [0.1, 0.15) is 34.7 Å². The fourth-order valence-corrected chi connectivity index (χ4v) is 2.90. The number of nitrogens with zero attached hydrogens (tertiary/aromatic N) is 2. The van der Waals surface area contributed by atoms with E-state index >= 15 is 0 Å². The molecule has 22 heavy (non-hydrogen) atoms. The van der Waals surface area contributed by atoms with Crippen LogP contribution in [-0.2, 0) is 18.0 Å². The number of benzene rings is 1. The van der Waals surface area contributed by atoms with E-state index in [1.165, 1.54) is 12.1 Å². The minimum absolute atomic E-state index is 0.166. The highest BCUT2D eigenvalue weighted by Crippen LogP contribution is 2.39. The van der Waals surface area contributed by atoms with Gasteiger partial charge in [0.05, 0.1) is 11.3 Å². The number of carbonyl (C=O) groups is 1. The van der Waals surface area contributed by atoms with E-state index in [9.17, 15) is 18.0 Å². The maximum atomic E-state index is 12.7. The van der Waals surface area contributed by atoms with Gasteiger partial charge in [0.2, 0.25) is 5.91 Å². The van der Waals surface area contributed by atoms with E-state index in [0.29, 0.717) is 11.4 Å². The monoisotopic (exact) mass is 309 g/mol. The first-order chi connectivity index (χ1) is 10.3. The Morgan fingerprint density at radius 2 is 1.91 bits per heavy atom. The van der Waals surface area contributed by atoms with Crippen LogP contribution in [0.3, 0.4) is 0 Å². The highest BCUT2D eigenvalue weighted by Gasteiger charge is 2.33. The zero-order valence-corrected chi connectivity index (χ0v) is 12.0. The van der Waals surface area contributed by atoms with E-state index in [-0.39, 0.29) is 18.2 Å². The van der Waals surface area contributed by atoms with Crippen molar-refractivity contribution >= 4 is 11.7 Å². The van der Waals surface area contributed by atoms with Gasteiger partial charge in [0.15, 0.2) is 0 Å². The van der Waals surface area contributed by atoms with Crippen molar-refractivity contribution in [3.8, 4) is 0 Å². The number of aryl methyl sites for hydroxylation is 2. The summed E-state index contributed by atoms with van der Waals surface area (Å²) in [7, 11) is 1.72. The second kappa shape index (κ2) is 4.86. The van der Waals surface area contributed by atoms with Gasteiger partial charge in [-0.05, 0) is 24.6 Å². The first-order valence-corrected chi connectivity index (χ1v) is 6.78. The molecule has 0 saturated heterocycles. The minimum Gasteiger partial charge on any atom is -0.311 e. The molecule has 7 heteroatoms. The first-order valence-electron chi connectivity index (χ1n) is 6.78. The van der Waals surface area contributed by atoms with E-state index < -0.39 is 11.7 Å². The zero-order valence-electron chi connectivity index (χ0n) is 12.0. The number of hydrogen-bond acceptors (Lipinski definition) is 2. The van der Waals surface area contributed by atoms with Crippen LogP contribution < -0.4 is 5.32 Å². The van der Waals surface area contributed by atoms with Crippen molar-refractivity contribution in [1.82, 2.24) is 9.78 Å². The Morgan fingerprint density at radius 1 is 1.27 bits per heavy atom. The smallest absolute Gasteiger partial charge is 0.311 e. The number of rotatable bonds is 1. The van der Waals surface area contributed by atoms with Gasteiger partial charge in [-0.25, -0.2) is 0 Å². The number of nitrogens with one attached hydrogen (secondary N) is 1. The van der Waals surface area contributed by atoms with E-state index in [4.69, 9.17) is 0 Å². The van der Waals surface area contributed by atoms with Gasteiger partial charge in [-0.2, -0.15) is 18.3 Å². The molecule has 2 heterocycles. The number of amides is 1. The quantitative estimate of drug-likeness (QED) is 0.879. The lowest BCUT2D eigenvalue weighted by Crippen LogP contribution is -2.24. The Hall–Kier alpha value is -2.31. The molecule has 2 aromatic rings. The molecule has 1 aliphatic heterocycles. The SMILES string of the molecule is Cc1nn(C)c2c1C(c1ccc(C(F)(F)F)cc1)CC(=O)N2. The summed E-state index contributed by atoms with van der Waals surface area (Å²) in [5.74, 6) is 0.166. The molecule has 0 fully saturated rings. The van der Waals surface area contributed by atoms with Crippen LogP contribution in [0.2, 0.25) is 0 Å². The third-order valence-corrected chi connectivity index (χ3v) is 3.90. The lowest BCUT2D eigenvalue weighted by molar-refractivity contribution is -0.137. The Labute approximate surface area is 124 Å². The molecule has 1 aliphatic rings. The largest absolute Gasteiger partial charge is 0.416 e. The molecular weight excluding hydrogens is 295 g/mol. The summed E-state index contributed by atoms with van der Waals surface area (Å²) in [5, 5.41) is 7.05. The Kier molecular flexibility index (Phi) is 3.23. The number of anilines is 1. The summed E-state index contributed by atoms with van der Waals surface area (Å²) >= 11 is 0. The molecule has 1 atom stereocenters. The van der Waals surface area contributed by atoms with Gasteiger partial charge >= 0.3 is 6.18 Å².